The lowest BCUT2D eigenvalue weighted by Gasteiger charge is -2.19. The molecule has 0 spiro atoms. The van der Waals surface area contributed by atoms with E-state index in [0.717, 1.165) is 29.0 Å². The normalized spacial score (nSPS) is 14.3. The number of fused-ring (bicyclic) bond motifs is 1. The molecule has 0 radical (unpaired) electrons. The fourth-order valence-corrected chi connectivity index (χ4v) is 3.29. The van der Waals surface area contributed by atoms with Crippen molar-refractivity contribution in [3.05, 3.63) is 66.5 Å². The fourth-order valence-electron chi connectivity index (χ4n) is 3.29. The Morgan fingerprint density at radius 2 is 1.74 bits per heavy atom. The Bertz CT molecular complexity index is 998. The van der Waals surface area contributed by atoms with E-state index in [1.54, 1.807) is 30.6 Å². The molecule has 4 rings (SSSR count). The summed E-state index contributed by atoms with van der Waals surface area (Å²) in [6.45, 7) is 3.08. The molecule has 2 aromatic carbocycles. The molecular weight excluding hydrogens is 411 g/mol. The second-order valence-electron chi connectivity index (χ2n) is 6.90. The van der Waals surface area contributed by atoms with Gasteiger partial charge in [-0.25, -0.2) is 9.97 Å². The van der Waals surface area contributed by atoms with E-state index in [2.05, 4.69) is 19.6 Å². The lowest BCUT2D eigenvalue weighted by atomic mass is 10.0. The molecule has 0 amide bonds. The smallest absolute Gasteiger partial charge is 0.492 e. The van der Waals surface area contributed by atoms with Gasteiger partial charge in [-0.3, -0.25) is 4.90 Å². The van der Waals surface area contributed by atoms with E-state index in [1.165, 1.54) is 12.1 Å². The average molecular weight is 431 g/mol. The summed E-state index contributed by atoms with van der Waals surface area (Å²) >= 11 is 0. The van der Waals surface area contributed by atoms with E-state index in [-0.39, 0.29) is 5.75 Å². The zero-order valence-corrected chi connectivity index (χ0v) is 16.5. The molecule has 0 saturated carbocycles. The summed E-state index contributed by atoms with van der Waals surface area (Å²) in [5, 5.41) is 0. The Morgan fingerprint density at radius 3 is 2.48 bits per heavy atom. The summed E-state index contributed by atoms with van der Waals surface area (Å²) < 4.78 is 52.4. The molecule has 9 heteroatoms. The van der Waals surface area contributed by atoms with Crippen molar-refractivity contribution in [1.82, 2.24) is 14.9 Å². The number of hydrogen-bond acceptors (Lipinski definition) is 6. The predicted octanol–water partition coefficient (Wildman–Crippen LogP) is 4.32. The lowest BCUT2D eigenvalue weighted by molar-refractivity contribution is -0.274. The number of alkyl halides is 3. The monoisotopic (exact) mass is 431 g/mol. The summed E-state index contributed by atoms with van der Waals surface area (Å²) in [4.78, 5) is 10.3. The highest BCUT2D eigenvalue weighted by molar-refractivity contribution is 5.66. The summed E-state index contributed by atoms with van der Waals surface area (Å²) in [7, 11) is 0. The largest absolute Gasteiger partial charge is 0.573 e. The van der Waals surface area contributed by atoms with Gasteiger partial charge in [0.1, 0.15) is 24.7 Å². The number of benzene rings is 2. The Hall–Kier alpha value is -3.33. The Morgan fingerprint density at radius 1 is 1.00 bits per heavy atom. The molecular formula is C22H20F3N3O3. The summed E-state index contributed by atoms with van der Waals surface area (Å²) in [5.41, 5.74) is 2.68. The van der Waals surface area contributed by atoms with Crippen molar-refractivity contribution in [2.75, 3.05) is 26.3 Å². The third-order valence-electron chi connectivity index (χ3n) is 4.72. The van der Waals surface area contributed by atoms with E-state index in [0.29, 0.717) is 32.3 Å². The minimum absolute atomic E-state index is 0.247. The summed E-state index contributed by atoms with van der Waals surface area (Å²) in [5.74, 6) is 0.554. The van der Waals surface area contributed by atoms with Gasteiger partial charge in [0.2, 0.25) is 0 Å². The highest BCUT2D eigenvalue weighted by Crippen LogP contribution is 2.31. The van der Waals surface area contributed by atoms with Crippen molar-refractivity contribution in [3.63, 3.8) is 0 Å². The standard InChI is InChI=1S/C22H20F3N3O3/c23-22(24,25)31-19-5-2-16(3-6-19)17-4-7-20-18(14-17)15-28(10-12-29-20)11-13-30-21-26-8-1-9-27-21/h1-9,14H,10-13,15H2. The van der Waals surface area contributed by atoms with E-state index >= 15 is 0 Å². The maximum atomic E-state index is 12.4. The molecule has 2 heterocycles. The van der Waals surface area contributed by atoms with Crippen molar-refractivity contribution in [1.29, 1.82) is 0 Å². The molecule has 0 saturated heterocycles. The van der Waals surface area contributed by atoms with Gasteiger partial charge < -0.3 is 14.2 Å². The van der Waals surface area contributed by atoms with Crippen molar-refractivity contribution >= 4 is 0 Å². The van der Waals surface area contributed by atoms with Crippen LogP contribution in [0.3, 0.4) is 0 Å². The van der Waals surface area contributed by atoms with Gasteiger partial charge in [-0.05, 0) is 41.5 Å². The van der Waals surface area contributed by atoms with Crippen LogP contribution in [0.2, 0.25) is 0 Å². The van der Waals surface area contributed by atoms with Crippen LogP contribution in [0.15, 0.2) is 60.9 Å². The van der Waals surface area contributed by atoms with E-state index in [9.17, 15) is 13.2 Å². The van der Waals surface area contributed by atoms with Gasteiger partial charge in [0.25, 0.3) is 0 Å². The van der Waals surface area contributed by atoms with E-state index in [4.69, 9.17) is 9.47 Å². The zero-order valence-electron chi connectivity index (χ0n) is 16.5. The molecule has 0 bridgehead atoms. The van der Waals surface area contributed by atoms with Crippen LogP contribution >= 0.6 is 0 Å². The number of rotatable bonds is 6. The van der Waals surface area contributed by atoms with Crippen LogP contribution in [0.4, 0.5) is 13.2 Å². The van der Waals surface area contributed by atoms with E-state index < -0.39 is 6.36 Å². The highest BCUT2D eigenvalue weighted by Gasteiger charge is 2.31. The average Bonchev–Trinajstić information content (AvgIpc) is 2.95. The molecule has 162 valence electrons. The fraction of sp³-hybridized carbons (Fsp3) is 0.273. The first-order valence-electron chi connectivity index (χ1n) is 9.70. The molecule has 1 aliphatic heterocycles. The first kappa shape index (κ1) is 20.9. The van der Waals surface area contributed by atoms with Crippen LogP contribution in [-0.4, -0.2) is 47.5 Å². The molecule has 0 unspecified atom stereocenters. The molecule has 1 aliphatic rings. The van der Waals surface area contributed by atoms with Crippen LogP contribution in [0.1, 0.15) is 5.56 Å². The first-order chi connectivity index (χ1) is 15.0. The third kappa shape index (κ3) is 5.85. The van der Waals surface area contributed by atoms with Gasteiger partial charge in [0, 0.05) is 37.6 Å². The molecule has 1 aromatic heterocycles. The number of halogens is 3. The maximum Gasteiger partial charge on any atom is 0.573 e. The number of hydrogen-bond donors (Lipinski definition) is 0. The van der Waals surface area contributed by atoms with Crippen LogP contribution < -0.4 is 14.2 Å². The lowest BCUT2D eigenvalue weighted by Crippen LogP contribution is -2.30. The zero-order chi connectivity index (χ0) is 21.7. The van der Waals surface area contributed by atoms with Crippen LogP contribution in [0.25, 0.3) is 11.1 Å². The molecule has 6 nitrogen and oxygen atoms in total. The van der Waals surface area contributed by atoms with Gasteiger partial charge in [-0.2, -0.15) is 0 Å². The molecule has 0 aliphatic carbocycles. The molecule has 0 N–H and O–H groups in total. The van der Waals surface area contributed by atoms with Crippen LogP contribution in [0.5, 0.6) is 17.5 Å². The first-order valence-corrected chi connectivity index (χ1v) is 9.70. The minimum Gasteiger partial charge on any atom is -0.492 e. The predicted molar refractivity (Wildman–Crippen MR) is 107 cm³/mol. The van der Waals surface area contributed by atoms with Crippen molar-refractivity contribution in [3.8, 4) is 28.6 Å². The van der Waals surface area contributed by atoms with Gasteiger partial charge in [0.15, 0.2) is 0 Å². The van der Waals surface area contributed by atoms with Crippen LogP contribution in [-0.2, 0) is 6.54 Å². The van der Waals surface area contributed by atoms with Crippen molar-refractivity contribution in [2.24, 2.45) is 0 Å². The Balaban J connectivity index is 1.42. The Labute approximate surface area is 177 Å². The maximum absolute atomic E-state index is 12.4. The second kappa shape index (κ2) is 9.22. The SMILES string of the molecule is FC(F)(F)Oc1ccc(-c2ccc3c(c2)CN(CCOc2ncccn2)CCO3)cc1. The molecule has 31 heavy (non-hydrogen) atoms. The third-order valence-corrected chi connectivity index (χ3v) is 4.72. The number of aromatic nitrogens is 2. The highest BCUT2D eigenvalue weighted by atomic mass is 19.4. The second-order valence-corrected chi connectivity index (χ2v) is 6.90. The van der Waals surface area contributed by atoms with Gasteiger partial charge in [0.05, 0.1) is 0 Å². The van der Waals surface area contributed by atoms with Gasteiger partial charge in [-0.1, -0.05) is 18.2 Å². The topological polar surface area (TPSA) is 56.7 Å². The number of nitrogens with zero attached hydrogens (tertiary/aromatic N) is 3. The molecule has 3 aromatic rings. The summed E-state index contributed by atoms with van der Waals surface area (Å²) in [6, 6.07) is 13.7. The molecule has 0 fully saturated rings. The van der Waals surface area contributed by atoms with Crippen molar-refractivity contribution in [2.45, 2.75) is 12.9 Å². The van der Waals surface area contributed by atoms with Crippen molar-refractivity contribution < 1.29 is 27.4 Å². The van der Waals surface area contributed by atoms with E-state index in [1.807, 2.05) is 18.2 Å². The Kier molecular flexibility index (Phi) is 6.22. The summed E-state index contributed by atoms with van der Waals surface area (Å²) in [6.07, 6.45) is -1.45. The number of ether oxygens (including phenoxy) is 3. The van der Waals surface area contributed by atoms with Gasteiger partial charge >= 0.3 is 12.4 Å². The minimum atomic E-state index is -4.71. The van der Waals surface area contributed by atoms with Gasteiger partial charge in [-0.15, -0.1) is 13.2 Å². The van der Waals surface area contributed by atoms with Crippen LogP contribution in [0, 0.1) is 0 Å². The quantitative estimate of drug-likeness (QED) is 0.580. The molecule has 0 atom stereocenters.